The first-order chi connectivity index (χ1) is 8.01. The fourth-order valence-corrected chi connectivity index (χ4v) is 2.53. The second-order valence-electron chi connectivity index (χ2n) is 4.87. The summed E-state index contributed by atoms with van der Waals surface area (Å²) in [5.41, 5.74) is 7.04. The van der Waals surface area contributed by atoms with Crippen molar-refractivity contribution < 1.29 is 0 Å². The largest absolute Gasteiger partial charge is 0.353 e. The van der Waals surface area contributed by atoms with Crippen molar-refractivity contribution in [3.8, 4) is 0 Å². The summed E-state index contributed by atoms with van der Waals surface area (Å²) in [6.45, 7) is 7.15. The van der Waals surface area contributed by atoms with Crippen LogP contribution in [0.15, 0.2) is 11.6 Å². The molecule has 0 aliphatic heterocycles. The summed E-state index contributed by atoms with van der Waals surface area (Å²) in [4.78, 5) is 7.93. The van der Waals surface area contributed by atoms with Crippen molar-refractivity contribution in [2.75, 3.05) is 11.9 Å². The summed E-state index contributed by atoms with van der Waals surface area (Å²) in [6.07, 6.45) is 3.10. The molecule has 0 radical (unpaired) electrons. The highest BCUT2D eigenvalue weighted by Gasteiger charge is 2.26. The molecule has 0 fully saturated rings. The van der Waals surface area contributed by atoms with Crippen LogP contribution in [-0.2, 0) is 6.54 Å². The molecule has 0 aliphatic rings. The van der Waals surface area contributed by atoms with Gasteiger partial charge in [0.15, 0.2) is 10.8 Å². The molecule has 2 aromatic rings. The smallest absolute Gasteiger partial charge is 0.195 e. The van der Waals surface area contributed by atoms with E-state index in [1.165, 1.54) is 0 Å². The molecule has 4 nitrogen and oxygen atoms in total. The van der Waals surface area contributed by atoms with Crippen molar-refractivity contribution >= 4 is 22.1 Å². The number of imidazole rings is 1. The van der Waals surface area contributed by atoms with Gasteiger partial charge < -0.3 is 10.6 Å². The van der Waals surface area contributed by atoms with Gasteiger partial charge in [0.1, 0.15) is 0 Å². The predicted octanol–water partition coefficient (Wildman–Crippen LogP) is 2.48. The van der Waals surface area contributed by atoms with Gasteiger partial charge in [-0.15, -0.1) is 11.3 Å². The van der Waals surface area contributed by atoms with E-state index in [1.54, 1.807) is 11.3 Å². The van der Waals surface area contributed by atoms with Crippen LogP contribution in [0.2, 0.25) is 0 Å². The Kier molecular flexibility index (Phi) is 3.14. The minimum atomic E-state index is 0.0912. The van der Waals surface area contributed by atoms with E-state index in [1.807, 2.05) is 11.6 Å². The lowest BCUT2D eigenvalue weighted by Gasteiger charge is -2.35. The van der Waals surface area contributed by atoms with Crippen LogP contribution in [0.3, 0.4) is 0 Å². The third-order valence-corrected chi connectivity index (χ3v) is 4.38. The molecule has 0 aliphatic carbocycles. The molecule has 2 heterocycles. The van der Waals surface area contributed by atoms with E-state index in [0.717, 1.165) is 22.9 Å². The Bertz CT molecular complexity index is 512. The van der Waals surface area contributed by atoms with Crippen LogP contribution in [0.5, 0.6) is 0 Å². The highest BCUT2D eigenvalue weighted by Crippen LogP contribution is 2.29. The molecule has 0 saturated heterocycles. The molecule has 0 aromatic carbocycles. The van der Waals surface area contributed by atoms with Gasteiger partial charge in [0, 0.05) is 30.7 Å². The van der Waals surface area contributed by atoms with E-state index in [2.05, 4.69) is 42.1 Å². The zero-order valence-corrected chi connectivity index (χ0v) is 11.7. The molecular weight excluding hydrogens is 232 g/mol. The Labute approximate surface area is 106 Å². The number of nitrogens with zero attached hydrogens (tertiary/aromatic N) is 3. The summed E-state index contributed by atoms with van der Waals surface area (Å²) >= 11 is 1.64. The summed E-state index contributed by atoms with van der Waals surface area (Å²) in [7, 11) is 2.09. The predicted molar refractivity (Wildman–Crippen MR) is 73.7 cm³/mol. The molecule has 0 spiro atoms. The number of thiazole rings is 1. The third-order valence-electron chi connectivity index (χ3n) is 3.62. The Morgan fingerprint density at radius 1 is 1.53 bits per heavy atom. The lowest BCUT2D eigenvalue weighted by molar-refractivity contribution is 0.466. The van der Waals surface area contributed by atoms with Crippen molar-refractivity contribution in [1.82, 2.24) is 9.38 Å². The van der Waals surface area contributed by atoms with Crippen molar-refractivity contribution in [3.63, 3.8) is 0 Å². The number of aromatic nitrogens is 2. The number of rotatable bonds is 4. The van der Waals surface area contributed by atoms with Gasteiger partial charge in [-0.25, -0.2) is 4.98 Å². The molecule has 17 heavy (non-hydrogen) atoms. The Morgan fingerprint density at radius 3 is 2.82 bits per heavy atom. The minimum absolute atomic E-state index is 0.0912. The maximum Gasteiger partial charge on any atom is 0.195 e. The van der Waals surface area contributed by atoms with Gasteiger partial charge in [-0.05, 0) is 20.3 Å². The van der Waals surface area contributed by atoms with Crippen molar-refractivity contribution in [2.24, 2.45) is 5.73 Å². The van der Waals surface area contributed by atoms with Gasteiger partial charge in [-0.2, -0.15) is 0 Å². The summed E-state index contributed by atoms with van der Waals surface area (Å²) in [5, 5.41) is 2.04. The molecule has 94 valence electrons. The van der Waals surface area contributed by atoms with Gasteiger partial charge in [0.2, 0.25) is 0 Å². The van der Waals surface area contributed by atoms with Gasteiger partial charge >= 0.3 is 0 Å². The van der Waals surface area contributed by atoms with Crippen LogP contribution in [0.4, 0.5) is 5.82 Å². The van der Waals surface area contributed by atoms with Crippen molar-refractivity contribution in [3.05, 3.63) is 17.3 Å². The van der Waals surface area contributed by atoms with Crippen LogP contribution >= 0.6 is 11.3 Å². The number of anilines is 1. The van der Waals surface area contributed by atoms with Crippen LogP contribution in [0, 0.1) is 0 Å². The molecule has 5 heteroatoms. The van der Waals surface area contributed by atoms with Crippen LogP contribution in [0.25, 0.3) is 4.96 Å². The molecule has 0 bridgehead atoms. The highest BCUT2D eigenvalue weighted by molar-refractivity contribution is 7.15. The monoisotopic (exact) mass is 252 g/mol. The number of hydrogen-bond acceptors (Lipinski definition) is 4. The lowest BCUT2D eigenvalue weighted by Crippen LogP contribution is -2.41. The van der Waals surface area contributed by atoms with E-state index in [0.29, 0.717) is 6.54 Å². The second kappa shape index (κ2) is 4.31. The second-order valence-corrected chi connectivity index (χ2v) is 5.74. The van der Waals surface area contributed by atoms with Gasteiger partial charge in [0.25, 0.3) is 0 Å². The molecule has 2 N–H and O–H groups in total. The molecule has 0 atom stereocenters. The quantitative estimate of drug-likeness (QED) is 0.909. The topological polar surface area (TPSA) is 46.6 Å². The number of fused-ring (bicyclic) bond motifs is 1. The first kappa shape index (κ1) is 12.4. The first-order valence-corrected chi connectivity index (χ1v) is 6.77. The highest BCUT2D eigenvalue weighted by atomic mass is 32.1. The Morgan fingerprint density at radius 2 is 2.24 bits per heavy atom. The first-order valence-electron chi connectivity index (χ1n) is 5.89. The molecule has 2 rings (SSSR count). The third kappa shape index (κ3) is 1.93. The molecule has 0 saturated carbocycles. The summed E-state index contributed by atoms with van der Waals surface area (Å²) in [5.74, 6) is 1.01. The molecule has 2 aromatic heterocycles. The van der Waals surface area contributed by atoms with Crippen LogP contribution < -0.4 is 10.6 Å². The van der Waals surface area contributed by atoms with E-state index >= 15 is 0 Å². The standard InChI is InChI=1S/C12H20N4S/c1-5-12(2,3)15(4)10-9(8-13)16-6-7-17-11(16)14-10/h6-7H,5,8,13H2,1-4H3. The van der Waals surface area contributed by atoms with Crippen molar-refractivity contribution in [2.45, 2.75) is 39.3 Å². The average Bonchev–Trinajstić information content (AvgIpc) is 2.87. The lowest BCUT2D eigenvalue weighted by atomic mass is 10.00. The van der Waals surface area contributed by atoms with Crippen LogP contribution in [0.1, 0.15) is 32.9 Å². The van der Waals surface area contributed by atoms with Crippen molar-refractivity contribution in [1.29, 1.82) is 0 Å². The van der Waals surface area contributed by atoms with E-state index in [-0.39, 0.29) is 5.54 Å². The normalized spacial score (nSPS) is 12.3. The molecule has 0 amide bonds. The van der Waals surface area contributed by atoms with E-state index < -0.39 is 0 Å². The SMILES string of the molecule is CCC(C)(C)N(C)c1nc2sccn2c1CN. The zero-order valence-electron chi connectivity index (χ0n) is 10.9. The fraction of sp³-hybridized carbons (Fsp3) is 0.583. The van der Waals surface area contributed by atoms with Gasteiger partial charge in [-0.1, -0.05) is 6.92 Å². The summed E-state index contributed by atoms with van der Waals surface area (Å²) in [6, 6.07) is 0. The summed E-state index contributed by atoms with van der Waals surface area (Å²) < 4.78 is 2.09. The maximum atomic E-state index is 5.86. The van der Waals surface area contributed by atoms with Gasteiger partial charge in [0.05, 0.1) is 5.69 Å². The van der Waals surface area contributed by atoms with E-state index in [4.69, 9.17) is 5.73 Å². The average molecular weight is 252 g/mol. The van der Waals surface area contributed by atoms with Crippen LogP contribution in [-0.4, -0.2) is 22.0 Å². The molecule has 0 unspecified atom stereocenters. The number of nitrogens with two attached hydrogens (primary N) is 1. The maximum absolute atomic E-state index is 5.86. The Hall–Kier alpha value is -1.07. The fourth-order valence-electron chi connectivity index (χ4n) is 1.80. The van der Waals surface area contributed by atoms with Gasteiger partial charge in [-0.3, -0.25) is 4.40 Å². The van der Waals surface area contributed by atoms with E-state index in [9.17, 15) is 0 Å². The minimum Gasteiger partial charge on any atom is -0.353 e. The zero-order chi connectivity index (χ0) is 12.6. The number of hydrogen-bond donors (Lipinski definition) is 1. The Balaban J connectivity index is 2.51. The molecular formula is C12H20N4S.